The summed E-state index contributed by atoms with van der Waals surface area (Å²) in [6, 6.07) is 0. The third-order valence-electron chi connectivity index (χ3n) is 1.75. The van der Waals surface area contributed by atoms with Gasteiger partial charge in [-0.15, -0.1) is 0 Å². The zero-order valence-electron chi connectivity index (χ0n) is 7.33. The Balaban J connectivity index is 3.55. The number of aromatic nitrogens is 2. The van der Waals surface area contributed by atoms with E-state index in [1.165, 1.54) is 14.0 Å². The van der Waals surface area contributed by atoms with Crippen LogP contribution in [0.5, 0.6) is 0 Å². The zero-order chi connectivity index (χ0) is 11.1. The third-order valence-corrected chi connectivity index (χ3v) is 3.21. The molecular weight excluding hydrogens is 238 g/mol. The Hall–Kier alpha value is -0.690. The highest BCUT2D eigenvalue weighted by Gasteiger charge is 2.28. The summed E-state index contributed by atoms with van der Waals surface area (Å²) in [6.07, 6.45) is -2.96. The molecule has 0 spiro atoms. The zero-order valence-corrected chi connectivity index (χ0v) is 8.90. The first-order chi connectivity index (χ1) is 6.25. The lowest BCUT2D eigenvalue weighted by molar-refractivity contribution is 0.142. The first kappa shape index (κ1) is 11.4. The second kappa shape index (κ2) is 3.47. The van der Waals surface area contributed by atoms with Crippen LogP contribution in [-0.2, 0) is 16.1 Å². The van der Waals surface area contributed by atoms with Crippen LogP contribution in [-0.4, -0.2) is 18.2 Å². The molecule has 0 aliphatic carbocycles. The number of rotatable bonds is 2. The van der Waals surface area contributed by atoms with Crippen molar-refractivity contribution >= 4 is 19.7 Å². The predicted octanol–water partition coefficient (Wildman–Crippen LogP) is 1.59. The number of aryl methyl sites for hydroxylation is 1. The quantitative estimate of drug-likeness (QED) is 0.743. The summed E-state index contributed by atoms with van der Waals surface area (Å²) in [6.45, 7) is 1.36. The Kier molecular flexibility index (Phi) is 2.82. The smallest absolute Gasteiger partial charge is 0.271 e. The Morgan fingerprint density at radius 3 is 2.29 bits per heavy atom. The molecule has 1 aromatic rings. The van der Waals surface area contributed by atoms with Crippen molar-refractivity contribution in [3.8, 4) is 0 Å². The minimum atomic E-state index is -4.18. The fourth-order valence-corrected chi connectivity index (χ4v) is 2.50. The van der Waals surface area contributed by atoms with Crippen LogP contribution in [0.1, 0.15) is 17.8 Å². The molecule has 1 aromatic heterocycles. The molecule has 0 unspecified atom stereocenters. The Morgan fingerprint density at radius 1 is 1.50 bits per heavy atom. The molecule has 0 radical (unpaired) electrons. The molecule has 0 aliphatic rings. The van der Waals surface area contributed by atoms with E-state index < -0.39 is 26.1 Å². The van der Waals surface area contributed by atoms with Gasteiger partial charge in [-0.25, -0.2) is 17.2 Å². The monoisotopic (exact) mass is 244 g/mol. The standard InChI is InChI=1S/C6H7ClF2N2O2S/c1-3-5(14(7,12)13)4(6(8)9)10-11(3)2/h6H,1-2H3. The van der Waals surface area contributed by atoms with E-state index in [0.29, 0.717) is 0 Å². The number of hydrogen-bond acceptors (Lipinski definition) is 3. The van der Waals surface area contributed by atoms with Crippen molar-refractivity contribution in [1.82, 2.24) is 9.78 Å². The topological polar surface area (TPSA) is 52.0 Å². The molecule has 0 aliphatic heterocycles. The van der Waals surface area contributed by atoms with Crippen LogP contribution in [0.4, 0.5) is 8.78 Å². The summed E-state index contributed by atoms with van der Waals surface area (Å²) >= 11 is 0. The minimum absolute atomic E-state index is 0.0929. The molecule has 0 atom stereocenters. The van der Waals surface area contributed by atoms with Crippen LogP contribution in [0.15, 0.2) is 4.90 Å². The Labute approximate surface area is 83.9 Å². The van der Waals surface area contributed by atoms with E-state index in [1.807, 2.05) is 0 Å². The number of hydrogen-bond donors (Lipinski definition) is 0. The van der Waals surface area contributed by atoms with Crippen molar-refractivity contribution in [3.05, 3.63) is 11.4 Å². The van der Waals surface area contributed by atoms with E-state index in [9.17, 15) is 17.2 Å². The van der Waals surface area contributed by atoms with E-state index in [2.05, 4.69) is 5.10 Å². The van der Waals surface area contributed by atoms with E-state index in [4.69, 9.17) is 10.7 Å². The largest absolute Gasteiger partial charge is 0.283 e. The minimum Gasteiger partial charge on any atom is -0.271 e. The molecule has 8 heteroatoms. The number of halogens is 3. The van der Waals surface area contributed by atoms with Crippen LogP contribution in [0, 0.1) is 6.92 Å². The van der Waals surface area contributed by atoms with Crippen LogP contribution in [0.25, 0.3) is 0 Å². The Morgan fingerprint density at radius 2 is 2.00 bits per heavy atom. The summed E-state index contributed by atoms with van der Waals surface area (Å²) < 4.78 is 47.7. The van der Waals surface area contributed by atoms with Crippen molar-refractivity contribution in [2.75, 3.05) is 0 Å². The Bertz CT molecular complexity index is 455. The second-order valence-corrected chi connectivity index (χ2v) is 5.16. The van der Waals surface area contributed by atoms with Gasteiger partial charge in [0.25, 0.3) is 15.5 Å². The molecule has 0 fully saturated rings. The van der Waals surface area contributed by atoms with Crippen molar-refractivity contribution in [1.29, 1.82) is 0 Å². The molecule has 14 heavy (non-hydrogen) atoms. The van der Waals surface area contributed by atoms with Gasteiger partial charge >= 0.3 is 0 Å². The van der Waals surface area contributed by atoms with Crippen molar-refractivity contribution in [2.24, 2.45) is 7.05 Å². The van der Waals surface area contributed by atoms with Crippen LogP contribution < -0.4 is 0 Å². The summed E-state index contributed by atoms with van der Waals surface area (Å²) in [5, 5.41) is 3.38. The second-order valence-electron chi connectivity index (χ2n) is 2.66. The van der Waals surface area contributed by atoms with Crippen molar-refractivity contribution < 1.29 is 17.2 Å². The molecule has 0 N–H and O–H groups in total. The maximum atomic E-state index is 12.4. The lowest BCUT2D eigenvalue weighted by Gasteiger charge is -1.97. The van der Waals surface area contributed by atoms with Gasteiger partial charge in [0.2, 0.25) is 0 Å². The molecule has 0 aromatic carbocycles. The predicted molar refractivity (Wildman–Crippen MR) is 45.9 cm³/mol. The molecule has 1 rings (SSSR count). The summed E-state index contributed by atoms with van der Waals surface area (Å²) in [7, 11) is 2.20. The average molecular weight is 245 g/mol. The van der Waals surface area contributed by atoms with Gasteiger partial charge in [-0.05, 0) is 6.92 Å². The normalized spacial score (nSPS) is 12.4. The molecule has 0 amide bonds. The molecule has 0 bridgehead atoms. The highest BCUT2D eigenvalue weighted by Crippen LogP contribution is 2.29. The SMILES string of the molecule is Cc1c(S(=O)(=O)Cl)c(C(F)F)nn1C. The van der Waals surface area contributed by atoms with Crippen molar-refractivity contribution in [2.45, 2.75) is 18.2 Å². The molecule has 80 valence electrons. The summed E-state index contributed by atoms with van der Waals surface area (Å²) in [5.41, 5.74) is -0.713. The van der Waals surface area contributed by atoms with Gasteiger partial charge in [0.1, 0.15) is 10.6 Å². The number of nitrogens with zero attached hydrogens (tertiary/aromatic N) is 2. The van der Waals surface area contributed by atoms with Crippen LogP contribution >= 0.6 is 10.7 Å². The highest BCUT2D eigenvalue weighted by molar-refractivity contribution is 8.13. The van der Waals surface area contributed by atoms with Gasteiger partial charge in [-0.3, -0.25) is 4.68 Å². The lowest BCUT2D eigenvalue weighted by atomic mass is 10.4. The van der Waals surface area contributed by atoms with Gasteiger partial charge < -0.3 is 0 Å². The molecule has 4 nitrogen and oxygen atoms in total. The molecule has 0 saturated carbocycles. The highest BCUT2D eigenvalue weighted by atomic mass is 35.7. The molecular formula is C6H7ClF2N2O2S. The van der Waals surface area contributed by atoms with Crippen molar-refractivity contribution in [3.63, 3.8) is 0 Å². The molecule has 0 saturated heterocycles. The summed E-state index contributed by atoms with van der Waals surface area (Å²) in [5.74, 6) is 0. The summed E-state index contributed by atoms with van der Waals surface area (Å²) in [4.78, 5) is -0.600. The van der Waals surface area contributed by atoms with Crippen LogP contribution in [0.2, 0.25) is 0 Å². The van der Waals surface area contributed by atoms with E-state index in [-0.39, 0.29) is 5.69 Å². The maximum Gasteiger partial charge on any atom is 0.283 e. The van der Waals surface area contributed by atoms with E-state index in [1.54, 1.807) is 0 Å². The maximum absolute atomic E-state index is 12.4. The fraction of sp³-hybridized carbons (Fsp3) is 0.500. The lowest BCUT2D eigenvalue weighted by Crippen LogP contribution is -1.98. The number of alkyl halides is 2. The van der Waals surface area contributed by atoms with Crippen LogP contribution in [0.3, 0.4) is 0 Å². The van der Waals surface area contributed by atoms with E-state index in [0.717, 1.165) is 4.68 Å². The van der Waals surface area contributed by atoms with Gasteiger partial charge in [0.05, 0.1) is 5.69 Å². The van der Waals surface area contributed by atoms with Gasteiger partial charge in [-0.1, -0.05) is 0 Å². The third kappa shape index (κ3) is 1.88. The average Bonchev–Trinajstić information content (AvgIpc) is 2.27. The first-order valence-electron chi connectivity index (χ1n) is 3.51. The first-order valence-corrected chi connectivity index (χ1v) is 5.82. The van der Waals surface area contributed by atoms with Gasteiger partial charge in [0, 0.05) is 17.7 Å². The van der Waals surface area contributed by atoms with E-state index >= 15 is 0 Å². The fourth-order valence-electron chi connectivity index (χ4n) is 1.06. The van der Waals surface area contributed by atoms with Gasteiger partial charge in [-0.2, -0.15) is 5.10 Å². The molecule has 1 heterocycles. The van der Waals surface area contributed by atoms with Gasteiger partial charge in [0.15, 0.2) is 0 Å².